The summed E-state index contributed by atoms with van der Waals surface area (Å²) in [6, 6.07) is 4.06. The molecule has 2 N–H and O–H groups in total. The number of nitrogens with zero attached hydrogens (tertiary/aromatic N) is 2. The van der Waals surface area contributed by atoms with Crippen LogP contribution in [0.4, 0.5) is 0 Å². The standard InChI is InChI=1S/C15H22N4/c1-5-11-7-6-8-16-13(11)14-17-9-12(19-14)10-18-15(2,3)4/h6-9,18H,5,10H2,1-4H3,(H,17,19). The molecule has 102 valence electrons. The second-order valence-corrected chi connectivity index (χ2v) is 5.73. The first-order chi connectivity index (χ1) is 8.99. The van der Waals surface area contributed by atoms with Crippen LogP contribution >= 0.6 is 0 Å². The van der Waals surface area contributed by atoms with Crippen LogP contribution in [-0.4, -0.2) is 20.5 Å². The van der Waals surface area contributed by atoms with E-state index in [0.717, 1.165) is 30.2 Å². The summed E-state index contributed by atoms with van der Waals surface area (Å²) in [5, 5.41) is 3.44. The molecule has 0 amide bonds. The van der Waals surface area contributed by atoms with Crippen molar-refractivity contribution in [2.45, 2.75) is 46.2 Å². The fourth-order valence-corrected chi connectivity index (χ4v) is 1.87. The number of aryl methyl sites for hydroxylation is 1. The van der Waals surface area contributed by atoms with Crippen molar-refractivity contribution in [1.82, 2.24) is 20.3 Å². The SMILES string of the molecule is CCc1cccnc1-c1ncc(CNC(C)(C)C)[nH]1. The zero-order chi connectivity index (χ0) is 13.9. The van der Waals surface area contributed by atoms with Gasteiger partial charge >= 0.3 is 0 Å². The largest absolute Gasteiger partial charge is 0.339 e. The summed E-state index contributed by atoms with van der Waals surface area (Å²) in [5.41, 5.74) is 3.35. The third-order valence-electron chi connectivity index (χ3n) is 2.93. The van der Waals surface area contributed by atoms with Crippen molar-refractivity contribution in [2.24, 2.45) is 0 Å². The second-order valence-electron chi connectivity index (χ2n) is 5.73. The van der Waals surface area contributed by atoms with Crippen molar-refractivity contribution in [1.29, 1.82) is 0 Å². The second kappa shape index (κ2) is 5.53. The fourth-order valence-electron chi connectivity index (χ4n) is 1.87. The van der Waals surface area contributed by atoms with Gasteiger partial charge < -0.3 is 10.3 Å². The first kappa shape index (κ1) is 13.7. The third-order valence-corrected chi connectivity index (χ3v) is 2.93. The minimum Gasteiger partial charge on any atom is -0.339 e. The molecule has 4 heteroatoms. The Bertz CT molecular complexity index is 537. The van der Waals surface area contributed by atoms with Gasteiger partial charge in [0.2, 0.25) is 0 Å². The molecule has 2 rings (SSSR count). The van der Waals surface area contributed by atoms with Gasteiger partial charge in [0, 0.05) is 24.0 Å². The number of hydrogen-bond donors (Lipinski definition) is 2. The van der Waals surface area contributed by atoms with E-state index in [9.17, 15) is 0 Å². The highest BCUT2D eigenvalue weighted by atomic mass is 15.0. The maximum atomic E-state index is 4.44. The lowest BCUT2D eigenvalue weighted by Gasteiger charge is -2.19. The third kappa shape index (κ3) is 3.64. The van der Waals surface area contributed by atoms with Crippen LogP contribution in [0.1, 0.15) is 39.0 Å². The Morgan fingerprint density at radius 3 is 2.74 bits per heavy atom. The van der Waals surface area contributed by atoms with Gasteiger partial charge in [0.05, 0.1) is 6.20 Å². The Balaban J connectivity index is 2.17. The molecule has 0 saturated heterocycles. The van der Waals surface area contributed by atoms with E-state index in [1.807, 2.05) is 18.5 Å². The van der Waals surface area contributed by atoms with E-state index in [2.05, 4.69) is 54.0 Å². The highest BCUT2D eigenvalue weighted by Gasteiger charge is 2.11. The molecule has 2 heterocycles. The molecule has 0 bridgehead atoms. The average Bonchev–Trinajstić information content (AvgIpc) is 2.84. The quantitative estimate of drug-likeness (QED) is 0.886. The van der Waals surface area contributed by atoms with E-state index in [1.54, 1.807) is 0 Å². The van der Waals surface area contributed by atoms with Crippen LogP contribution < -0.4 is 5.32 Å². The van der Waals surface area contributed by atoms with Crippen LogP contribution in [-0.2, 0) is 13.0 Å². The molecule has 2 aromatic rings. The van der Waals surface area contributed by atoms with Crippen LogP contribution in [0.5, 0.6) is 0 Å². The zero-order valence-electron chi connectivity index (χ0n) is 12.1. The predicted octanol–water partition coefficient (Wildman–Crippen LogP) is 2.92. The Morgan fingerprint density at radius 1 is 1.26 bits per heavy atom. The molecule has 0 atom stereocenters. The summed E-state index contributed by atoms with van der Waals surface area (Å²) in [7, 11) is 0. The minimum atomic E-state index is 0.102. The molecule has 0 unspecified atom stereocenters. The topological polar surface area (TPSA) is 53.6 Å². The monoisotopic (exact) mass is 258 g/mol. The lowest BCUT2D eigenvalue weighted by molar-refractivity contribution is 0.422. The molecule has 4 nitrogen and oxygen atoms in total. The van der Waals surface area contributed by atoms with E-state index >= 15 is 0 Å². The normalized spacial score (nSPS) is 11.8. The van der Waals surface area contributed by atoms with Crippen molar-refractivity contribution in [3.05, 3.63) is 35.8 Å². The van der Waals surface area contributed by atoms with E-state index in [0.29, 0.717) is 0 Å². The smallest absolute Gasteiger partial charge is 0.156 e. The fraction of sp³-hybridized carbons (Fsp3) is 0.467. The number of nitrogens with one attached hydrogen (secondary N) is 2. The molecule has 0 radical (unpaired) electrons. The van der Waals surface area contributed by atoms with Gasteiger partial charge in [0.25, 0.3) is 0 Å². The van der Waals surface area contributed by atoms with Gasteiger partial charge in [-0.25, -0.2) is 4.98 Å². The first-order valence-electron chi connectivity index (χ1n) is 6.73. The maximum Gasteiger partial charge on any atom is 0.156 e. The van der Waals surface area contributed by atoms with Crippen LogP contribution in [0.2, 0.25) is 0 Å². The zero-order valence-corrected chi connectivity index (χ0v) is 12.1. The molecule has 0 spiro atoms. The Labute approximate surface area is 114 Å². The van der Waals surface area contributed by atoms with E-state index in [4.69, 9.17) is 0 Å². The van der Waals surface area contributed by atoms with Crippen LogP contribution in [0.25, 0.3) is 11.5 Å². The molecule has 0 aliphatic carbocycles. The number of rotatable bonds is 4. The van der Waals surface area contributed by atoms with Crippen molar-refractivity contribution in [3.63, 3.8) is 0 Å². The first-order valence-corrected chi connectivity index (χ1v) is 6.73. The Kier molecular flexibility index (Phi) is 4.00. The lowest BCUT2D eigenvalue weighted by Crippen LogP contribution is -2.35. The molecule has 0 saturated carbocycles. The molecule has 0 aliphatic heterocycles. The van der Waals surface area contributed by atoms with Crippen LogP contribution in [0, 0.1) is 0 Å². The van der Waals surface area contributed by atoms with E-state index in [1.165, 1.54) is 5.56 Å². The Hall–Kier alpha value is -1.68. The number of imidazole rings is 1. The number of aromatic nitrogens is 3. The number of hydrogen-bond acceptors (Lipinski definition) is 3. The van der Waals surface area contributed by atoms with Gasteiger partial charge in [-0.2, -0.15) is 0 Å². The summed E-state index contributed by atoms with van der Waals surface area (Å²) in [5.74, 6) is 0.850. The Morgan fingerprint density at radius 2 is 2.05 bits per heavy atom. The number of aromatic amines is 1. The molecular formula is C15H22N4. The lowest BCUT2D eigenvalue weighted by atomic mass is 10.1. The van der Waals surface area contributed by atoms with Crippen molar-refractivity contribution < 1.29 is 0 Å². The van der Waals surface area contributed by atoms with Gasteiger partial charge in [0.15, 0.2) is 5.82 Å². The molecule has 2 aromatic heterocycles. The number of H-pyrrole nitrogens is 1. The van der Waals surface area contributed by atoms with Crippen LogP contribution in [0.15, 0.2) is 24.5 Å². The summed E-state index contributed by atoms with van der Waals surface area (Å²) >= 11 is 0. The molecular weight excluding hydrogens is 236 g/mol. The highest BCUT2D eigenvalue weighted by molar-refractivity contribution is 5.54. The van der Waals surface area contributed by atoms with Gasteiger partial charge in [-0.15, -0.1) is 0 Å². The van der Waals surface area contributed by atoms with Gasteiger partial charge in [-0.05, 0) is 38.8 Å². The average molecular weight is 258 g/mol. The van der Waals surface area contributed by atoms with Crippen molar-refractivity contribution in [2.75, 3.05) is 0 Å². The molecule has 0 aromatic carbocycles. The summed E-state index contributed by atoms with van der Waals surface area (Å²) in [4.78, 5) is 12.2. The van der Waals surface area contributed by atoms with Gasteiger partial charge in [-0.3, -0.25) is 4.98 Å². The maximum absolute atomic E-state index is 4.44. The minimum absolute atomic E-state index is 0.102. The van der Waals surface area contributed by atoms with E-state index < -0.39 is 0 Å². The summed E-state index contributed by atoms with van der Waals surface area (Å²) < 4.78 is 0. The van der Waals surface area contributed by atoms with Crippen LogP contribution in [0.3, 0.4) is 0 Å². The van der Waals surface area contributed by atoms with Gasteiger partial charge in [-0.1, -0.05) is 13.0 Å². The molecule has 0 fully saturated rings. The predicted molar refractivity (Wildman–Crippen MR) is 77.8 cm³/mol. The highest BCUT2D eigenvalue weighted by Crippen LogP contribution is 2.18. The summed E-state index contributed by atoms with van der Waals surface area (Å²) in [6.45, 7) is 9.37. The van der Waals surface area contributed by atoms with Crippen molar-refractivity contribution >= 4 is 0 Å². The molecule has 19 heavy (non-hydrogen) atoms. The van der Waals surface area contributed by atoms with Gasteiger partial charge in [0.1, 0.15) is 5.69 Å². The summed E-state index contributed by atoms with van der Waals surface area (Å²) in [6.07, 6.45) is 4.64. The number of pyridine rings is 1. The molecule has 0 aliphatic rings. The van der Waals surface area contributed by atoms with Crippen molar-refractivity contribution in [3.8, 4) is 11.5 Å². The van der Waals surface area contributed by atoms with E-state index in [-0.39, 0.29) is 5.54 Å².